The number of benzene rings is 1. The Bertz CT molecular complexity index is 725. The molecule has 0 aliphatic heterocycles. The van der Waals surface area contributed by atoms with Gasteiger partial charge in [0.05, 0.1) is 10.9 Å². The van der Waals surface area contributed by atoms with E-state index in [1.54, 1.807) is 12.1 Å². The number of anilines is 1. The van der Waals surface area contributed by atoms with Gasteiger partial charge in [-0.25, -0.2) is 13.6 Å². The fourth-order valence-electron chi connectivity index (χ4n) is 1.80. The molecule has 0 radical (unpaired) electrons. The summed E-state index contributed by atoms with van der Waals surface area (Å²) in [5, 5.41) is 8.36. The van der Waals surface area contributed by atoms with Crippen molar-refractivity contribution in [2.75, 3.05) is 5.32 Å². The summed E-state index contributed by atoms with van der Waals surface area (Å²) < 4.78 is 28.9. The normalized spacial score (nSPS) is 13.2. The zero-order chi connectivity index (χ0) is 14.9. The summed E-state index contributed by atoms with van der Waals surface area (Å²) in [6.45, 7) is 3.81. The zero-order valence-electron chi connectivity index (χ0n) is 11.1. The third-order valence-electron chi connectivity index (χ3n) is 2.93. The lowest BCUT2D eigenvalue weighted by Gasteiger charge is -2.16. The lowest BCUT2D eigenvalue weighted by molar-refractivity contribution is 0.471. The zero-order valence-corrected chi connectivity index (χ0v) is 13.5. The van der Waals surface area contributed by atoms with E-state index in [0.717, 1.165) is 11.3 Å². The van der Waals surface area contributed by atoms with Crippen molar-refractivity contribution in [3.05, 3.63) is 46.3 Å². The second-order valence-corrected chi connectivity index (χ2v) is 6.87. The predicted octanol–water partition coefficient (Wildman–Crippen LogP) is 3.17. The van der Waals surface area contributed by atoms with Crippen molar-refractivity contribution in [3.63, 3.8) is 0 Å². The number of rotatable bonds is 4. The van der Waals surface area contributed by atoms with Crippen molar-refractivity contribution < 1.29 is 12.8 Å². The van der Waals surface area contributed by atoms with Gasteiger partial charge >= 0.3 is 0 Å². The maximum absolute atomic E-state index is 11.4. The van der Waals surface area contributed by atoms with Gasteiger partial charge in [-0.3, -0.25) is 0 Å². The standard InChI is InChI=1S/C13H15BrN2O3S/c1-8-3-4-10(20(15,17)18)7-11(8)16-9(2)12-5-6-13(14)19-12/h3-7,9,16H,1-2H3,(H2,15,17,18). The van der Waals surface area contributed by atoms with Crippen molar-refractivity contribution >= 4 is 31.6 Å². The first-order chi connectivity index (χ1) is 9.27. The molecular weight excluding hydrogens is 344 g/mol. The Morgan fingerprint density at radius 2 is 2.00 bits per heavy atom. The maximum Gasteiger partial charge on any atom is 0.238 e. The molecule has 3 N–H and O–H groups in total. The van der Waals surface area contributed by atoms with Crippen LogP contribution in [0.4, 0.5) is 5.69 Å². The number of sulfonamides is 1. The lowest BCUT2D eigenvalue weighted by Crippen LogP contribution is -2.13. The van der Waals surface area contributed by atoms with Gasteiger partial charge in [0, 0.05) is 5.69 Å². The average Bonchev–Trinajstić information content (AvgIpc) is 2.77. The Morgan fingerprint density at radius 3 is 2.55 bits per heavy atom. The van der Waals surface area contributed by atoms with Gasteiger partial charge in [0.2, 0.25) is 10.0 Å². The average molecular weight is 359 g/mol. The molecule has 1 aromatic carbocycles. The highest BCUT2D eigenvalue weighted by Crippen LogP contribution is 2.26. The number of nitrogens with one attached hydrogen (secondary N) is 1. The SMILES string of the molecule is Cc1ccc(S(N)(=O)=O)cc1NC(C)c1ccc(Br)o1. The van der Waals surface area contributed by atoms with E-state index in [0.29, 0.717) is 10.4 Å². The molecule has 0 spiro atoms. The van der Waals surface area contributed by atoms with Gasteiger partial charge in [-0.1, -0.05) is 6.07 Å². The molecule has 2 rings (SSSR count). The van der Waals surface area contributed by atoms with E-state index in [1.807, 2.05) is 19.9 Å². The number of primary sulfonamides is 1. The van der Waals surface area contributed by atoms with E-state index < -0.39 is 10.0 Å². The molecule has 1 unspecified atom stereocenters. The number of halogens is 1. The lowest BCUT2D eigenvalue weighted by atomic mass is 10.1. The van der Waals surface area contributed by atoms with Crippen LogP contribution in [0.3, 0.4) is 0 Å². The molecule has 0 saturated carbocycles. The minimum atomic E-state index is -3.71. The van der Waals surface area contributed by atoms with Gasteiger partial charge in [0.25, 0.3) is 0 Å². The minimum absolute atomic E-state index is 0.0819. The summed E-state index contributed by atoms with van der Waals surface area (Å²) in [7, 11) is -3.71. The number of hydrogen-bond acceptors (Lipinski definition) is 4. The molecule has 0 fully saturated rings. The van der Waals surface area contributed by atoms with Crippen molar-refractivity contribution in [2.45, 2.75) is 24.8 Å². The van der Waals surface area contributed by atoms with Crippen LogP contribution in [0.25, 0.3) is 0 Å². The summed E-state index contributed by atoms with van der Waals surface area (Å²) in [6, 6.07) is 8.29. The Hall–Kier alpha value is -1.31. The largest absolute Gasteiger partial charge is 0.452 e. The third-order valence-corrected chi connectivity index (χ3v) is 4.27. The summed E-state index contributed by atoms with van der Waals surface area (Å²) in [5.41, 5.74) is 1.63. The van der Waals surface area contributed by atoms with Crippen molar-refractivity contribution in [1.29, 1.82) is 0 Å². The number of nitrogens with two attached hydrogens (primary N) is 1. The van der Waals surface area contributed by atoms with Crippen LogP contribution in [0, 0.1) is 6.92 Å². The number of furan rings is 1. The van der Waals surface area contributed by atoms with Crippen molar-refractivity contribution in [3.8, 4) is 0 Å². The Kier molecular flexibility index (Phi) is 4.22. The molecule has 1 aromatic heterocycles. The first kappa shape index (κ1) is 15.1. The fourth-order valence-corrected chi connectivity index (χ4v) is 2.66. The van der Waals surface area contributed by atoms with E-state index in [2.05, 4.69) is 21.2 Å². The van der Waals surface area contributed by atoms with E-state index in [9.17, 15) is 8.42 Å². The topological polar surface area (TPSA) is 85.3 Å². The predicted molar refractivity (Wildman–Crippen MR) is 81.0 cm³/mol. The Balaban J connectivity index is 2.29. The summed E-state index contributed by atoms with van der Waals surface area (Å²) in [6.07, 6.45) is 0. The molecule has 0 aliphatic rings. The molecule has 2 aromatic rings. The van der Waals surface area contributed by atoms with E-state index in [1.165, 1.54) is 12.1 Å². The van der Waals surface area contributed by atoms with Crippen LogP contribution in [-0.4, -0.2) is 8.42 Å². The molecule has 0 bridgehead atoms. The Morgan fingerprint density at radius 1 is 1.30 bits per heavy atom. The third kappa shape index (κ3) is 3.41. The highest BCUT2D eigenvalue weighted by Gasteiger charge is 2.14. The van der Waals surface area contributed by atoms with Gasteiger partial charge in [-0.15, -0.1) is 0 Å². The van der Waals surface area contributed by atoms with E-state index in [4.69, 9.17) is 9.56 Å². The van der Waals surface area contributed by atoms with Gasteiger partial charge in [0.1, 0.15) is 5.76 Å². The molecule has 0 amide bonds. The minimum Gasteiger partial charge on any atom is -0.452 e. The second kappa shape index (κ2) is 5.59. The van der Waals surface area contributed by atoms with Gasteiger partial charge in [-0.2, -0.15) is 0 Å². The summed E-state index contributed by atoms with van der Waals surface area (Å²) in [4.78, 5) is 0.0819. The highest BCUT2D eigenvalue weighted by atomic mass is 79.9. The highest BCUT2D eigenvalue weighted by molar-refractivity contribution is 9.10. The van der Waals surface area contributed by atoms with Crippen LogP contribution < -0.4 is 10.5 Å². The molecule has 5 nitrogen and oxygen atoms in total. The molecule has 7 heteroatoms. The molecule has 1 heterocycles. The van der Waals surface area contributed by atoms with Crippen LogP contribution in [0.5, 0.6) is 0 Å². The molecular formula is C13H15BrN2O3S. The van der Waals surface area contributed by atoms with Crippen LogP contribution in [0.15, 0.2) is 44.3 Å². The maximum atomic E-state index is 11.4. The van der Waals surface area contributed by atoms with Crippen molar-refractivity contribution in [1.82, 2.24) is 0 Å². The second-order valence-electron chi connectivity index (χ2n) is 4.53. The number of aryl methyl sites for hydroxylation is 1. The fraction of sp³-hybridized carbons (Fsp3) is 0.231. The first-order valence-corrected chi connectivity index (χ1v) is 8.26. The molecule has 108 valence electrons. The summed E-state index contributed by atoms with van der Waals surface area (Å²) in [5.74, 6) is 0.747. The quantitative estimate of drug-likeness (QED) is 0.878. The number of hydrogen-bond donors (Lipinski definition) is 2. The van der Waals surface area contributed by atoms with Gasteiger partial charge < -0.3 is 9.73 Å². The first-order valence-electron chi connectivity index (χ1n) is 5.92. The van der Waals surface area contributed by atoms with Gasteiger partial charge in [-0.05, 0) is 59.6 Å². The monoisotopic (exact) mass is 358 g/mol. The van der Waals surface area contributed by atoms with Crippen LogP contribution in [-0.2, 0) is 10.0 Å². The van der Waals surface area contributed by atoms with Crippen LogP contribution in [0.1, 0.15) is 24.3 Å². The van der Waals surface area contributed by atoms with E-state index >= 15 is 0 Å². The summed E-state index contributed by atoms with van der Waals surface area (Å²) >= 11 is 3.25. The molecule has 0 aliphatic carbocycles. The van der Waals surface area contributed by atoms with Crippen LogP contribution in [0.2, 0.25) is 0 Å². The van der Waals surface area contributed by atoms with Crippen LogP contribution >= 0.6 is 15.9 Å². The Labute approximate surface area is 126 Å². The molecule has 0 saturated heterocycles. The van der Waals surface area contributed by atoms with E-state index in [-0.39, 0.29) is 10.9 Å². The molecule has 20 heavy (non-hydrogen) atoms. The van der Waals surface area contributed by atoms with Gasteiger partial charge in [0.15, 0.2) is 4.67 Å². The smallest absolute Gasteiger partial charge is 0.238 e. The molecule has 1 atom stereocenters. The van der Waals surface area contributed by atoms with Crippen molar-refractivity contribution in [2.24, 2.45) is 5.14 Å².